The van der Waals surface area contributed by atoms with Crippen LogP contribution in [0.5, 0.6) is 0 Å². The Kier molecular flexibility index (Phi) is 68.7. The Morgan fingerprint density at radius 3 is 0.710 bits per heavy atom. The molecule has 0 saturated heterocycles. The van der Waals surface area contributed by atoms with Gasteiger partial charge in [-0.25, -0.2) is 9.13 Å². The molecule has 0 fully saturated rings. The molecule has 0 aliphatic carbocycles. The third-order valence-electron chi connectivity index (χ3n) is 19.5. The number of esters is 4. The van der Waals surface area contributed by atoms with Crippen molar-refractivity contribution < 1.29 is 80.2 Å². The molecule has 0 aliphatic heterocycles. The standard InChI is InChI=1S/C81H158O17P2/c1-9-73(7)59-51-43-35-29-23-19-15-13-11-12-14-16-20-24-30-37-47-55-63-81(86)98-77(68-92-79(84)62-54-46-40-39-44-52-60-74(8)10-2)70-96-100(89,90)94-66-75(82)65-93-99(87,88)95-69-76(67-91-78(83)61-53-45-36-32-26-28-34-42-50-58-72(5)6)97-80(85)64-56-48-38-31-25-21-17-18-22-27-33-41-49-57-71(3)4/h71-77,82H,9-70H2,1-8H3,(H,87,88)(H,89,90)/t73?,74?,75-,76-,77-/m1/s1. The van der Waals surface area contributed by atoms with Crippen LogP contribution in [0, 0.1) is 23.7 Å². The van der Waals surface area contributed by atoms with E-state index in [1.165, 1.54) is 212 Å². The second-order valence-corrected chi connectivity index (χ2v) is 33.5. The highest BCUT2D eigenvalue weighted by molar-refractivity contribution is 7.47. The summed E-state index contributed by atoms with van der Waals surface area (Å²) in [7, 11) is -9.92. The number of hydrogen-bond donors (Lipinski definition) is 3. The summed E-state index contributed by atoms with van der Waals surface area (Å²) in [4.78, 5) is 73.0. The molecule has 4 unspecified atom stereocenters. The molecule has 0 saturated carbocycles. The van der Waals surface area contributed by atoms with E-state index in [0.29, 0.717) is 25.7 Å². The number of aliphatic hydroxyl groups excluding tert-OH is 1. The Balaban J connectivity index is 5.19. The number of aliphatic hydroxyl groups is 1. The van der Waals surface area contributed by atoms with Crippen molar-refractivity contribution in [3.63, 3.8) is 0 Å². The van der Waals surface area contributed by atoms with Crippen molar-refractivity contribution in [3.05, 3.63) is 0 Å². The largest absolute Gasteiger partial charge is 0.472 e. The van der Waals surface area contributed by atoms with Gasteiger partial charge in [0.2, 0.25) is 0 Å². The summed E-state index contributed by atoms with van der Waals surface area (Å²) in [5.74, 6) is 1.02. The van der Waals surface area contributed by atoms with Gasteiger partial charge in [-0.2, -0.15) is 0 Å². The lowest BCUT2D eigenvalue weighted by atomic mass is 9.99. The summed E-state index contributed by atoms with van der Waals surface area (Å²) >= 11 is 0. The average Bonchev–Trinajstić information content (AvgIpc) is 0.930. The zero-order valence-electron chi connectivity index (χ0n) is 65.8. The van der Waals surface area contributed by atoms with Gasteiger partial charge in [0.25, 0.3) is 0 Å². The van der Waals surface area contributed by atoms with Gasteiger partial charge in [0.1, 0.15) is 19.3 Å². The average molecular weight is 1470 g/mol. The maximum Gasteiger partial charge on any atom is 0.472 e. The van der Waals surface area contributed by atoms with E-state index >= 15 is 0 Å². The van der Waals surface area contributed by atoms with Crippen LogP contribution in [0.15, 0.2) is 0 Å². The molecule has 0 heterocycles. The lowest BCUT2D eigenvalue weighted by molar-refractivity contribution is -0.161. The molecule has 0 aromatic rings. The van der Waals surface area contributed by atoms with Crippen LogP contribution < -0.4 is 0 Å². The third kappa shape index (κ3) is 71.7. The molecule has 0 rings (SSSR count). The van der Waals surface area contributed by atoms with Gasteiger partial charge in [0.05, 0.1) is 26.4 Å². The van der Waals surface area contributed by atoms with Crippen LogP contribution in [-0.4, -0.2) is 96.7 Å². The lowest BCUT2D eigenvalue weighted by Gasteiger charge is -2.21. The summed E-state index contributed by atoms with van der Waals surface area (Å²) in [6, 6.07) is 0. The molecule has 0 spiro atoms. The van der Waals surface area contributed by atoms with E-state index < -0.39 is 97.5 Å². The van der Waals surface area contributed by atoms with Crippen molar-refractivity contribution in [3.8, 4) is 0 Å². The maximum absolute atomic E-state index is 13.1. The molecule has 0 aromatic carbocycles. The normalized spacial score (nSPS) is 14.6. The molecule has 19 heteroatoms. The highest BCUT2D eigenvalue weighted by atomic mass is 31.2. The van der Waals surface area contributed by atoms with Gasteiger partial charge in [0, 0.05) is 25.7 Å². The first-order chi connectivity index (χ1) is 48.2. The molecular formula is C81H158O17P2. The number of phosphoric ester groups is 2. The molecule has 17 nitrogen and oxygen atoms in total. The second kappa shape index (κ2) is 70.1. The number of phosphoric acid groups is 2. The highest BCUT2D eigenvalue weighted by Crippen LogP contribution is 2.45. The first-order valence-corrected chi connectivity index (χ1v) is 44.8. The summed E-state index contributed by atoms with van der Waals surface area (Å²) in [6.45, 7) is 14.3. The van der Waals surface area contributed by atoms with Crippen molar-refractivity contribution >= 4 is 39.5 Å². The van der Waals surface area contributed by atoms with Gasteiger partial charge >= 0.3 is 39.5 Å². The van der Waals surface area contributed by atoms with Crippen LogP contribution in [0.1, 0.15) is 415 Å². The van der Waals surface area contributed by atoms with Crippen LogP contribution in [-0.2, 0) is 65.4 Å². The van der Waals surface area contributed by atoms with Crippen molar-refractivity contribution in [2.24, 2.45) is 23.7 Å². The van der Waals surface area contributed by atoms with Crippen molar-refractivity contribution in [2.45, 2.75) is 433 Å². The zero-order chi connectivity index (χ0) is 73.8. The van der Waals surface area contributed by atoms with Gasteiger partial charge in [0.15, 0.2) is 12.2 Å². The number of rotatable bonds is 78. The first-order valence-electron chi connectivity index (χ1n) is 41.8. The smallest absolute Gasteiger partial charge is 0.462 e. The van der Waals surface area contributed by atoms with E-state index in [1.54, 1.807) is 0 Å². The SMILES string of the molecule is CCC(C)CCCCCCCCCCCCCCCCCCCCC(=O)O[C@H](COC(=O)CCCCCCCCC(C)CC)COP(=O)(O)OC[C@H](O)COP(=O)(O)OC[C@@H](COC(=O)CCCCCCCCCCCC(C)C)OC(=O)CCCCCCCCCCCCCCCC(C)C. The molecule has 100 heavy (non-hydrogen) atoms. The molecular weight excluding hydrogens is 1310 g/mol. The Bertz CT molecular complexity index is 1960. The van der Waals surface area contributed by atoms with Gasteiger partial charge < -0.3 is 33.8 Å². The molecule has 0 aromatic heterocycles. The van der Waals surface area contributed by atoms with E-state index in [2.05, 4.69) is 55.4 Å². The number of ether oxygens (including phenoxy) is 4. The molecule has 3 N–H and O–H groups in total. The first kappa shape index (κ1) is 98.1. The Hall–Kier alpha value is -1.94. The number of carbonyl (C=O) groups excluding carboxylic acids is 4. The van der Waals surface area contributed by atoms with Crippen molar-refractivity contribution in [1.82, 2.24) is 0 Å². The van der Waals surface area contributed by atoms with Crippen LogP contribution in [0.3, 0.4) is 0 Å². The minimum atomic E-state index is -4.96. The Morgan fingerprint density at radius 1 is 0.280 bits per heavy atom. The zero-order valence-corrected chi connectivity index (χ0v) is 67.6. The van der Waals surface area contributed by atoms with Crippen LogP contribution in [0.25, 0.3) is 0 Å². The molecule has 594 valence electrons. The highest BCUT2D eigenvalue weighted by Gasteiger charge is 2.30. The molecule has 7 atom stereocenters. The summed E-state index contributed by atoms with van der Waals surface area (Å²) in [5.41, 5.74) is 0. The minimum absolute atomic E-state index is 0.106. The van der Waals surface area contributed by atoms with Crippen LogP contribution in [0.4, 0.5) is 0 Å². The Labute approximate surface area is 613 Å². The predicted molar refractivity (Wildman–Crippen MR) is 409 cm³/mol. The van der Waals surface area contributed by atoms with Crippen LogP contribution >= 0.6 is 15.6 Å². The minimum Gasteiger partial charge on any atom is -0.462 e. The van der Waals surface area contributed by atoms with E-state index in [0.717, 1.165) is 120 Å². The molecule has 0 aliphatic rings. The number of unbranched alkanes of at least 4 members (excludes halogenated alkanes) is 42. The maximum atomic E-state index is 13.1. The number of carbonyl (C=O) groups is 4. The summed E-state index contributed by atoms with van der Waals surface area (Å²) in [6.07, 6.45) is 57.0. The topological polar surface area (TPSA) is 237 Å². The van der Waals surface area contributed by atoms with E-state index in [1.807, 2.05) is 0 Å². The monoisotopic (exact) mass is 1470 g/mol. The van der Waals surface area contributed by atoms with Crippen molar-refractivity contribution in [1.29, 1.82) is 0 Å². The number of hydrogen-bond acceptors (Lipinski definition) is 15. The fraction of sp³-hybridized carbons (Fsp3) is 0.951. The fourth-order valence-electron chi connectivity index (χ4n) is 12.4. The van der Waals surface area contributed by atoms with Gasteiger partial charge in [-0.15, -0.1) is 0 Å². The van der Waals surface area contributed by atoms with Gasteiger partial charge in [-0.3, -0.25) is 37.3 Å². The van der Waals surface area contributed by atoms with E-state index in [4.69, 9.17) is 37.0 Å². The molecule has 0 amide bonds. The van der Waals surface area contributed by atoms with Crippen molar-refractivity contribution in [2.75, 3.05) is 39.6 Å². The van der Waals surface area contributed by atoms with E-state index in [-0.39, 0.29) is 25.7 Å². The fourth-order valence-corrected chi connectivity index (χ4v) is 13.9. The predicted octanol–water partition coefficient (Wildman–Crippen LogP) is 24.0. The van der Waals surface area contributed by atoms with Gasteiger partial charge in [-0.05, 0) is 49.4 Å². The lowest BCUT2D eigenvalue weighted by Crippen LogP contribution is -2.30. The van der Waals surface area contributed by atoms with Crippen LogP contribution in [0.2, 0.25) is 0 Å². The summed E-state index contributed by atoms with van der Waals surface area (Å²) in [5, 5.41) is 10.6. The van der Waals surface area contributed by atoms with Gasteiger partial charge in [-0.1, -0.05) is 364 Å². The second-order valence-electron chi connectivity index (χ2n) is 30.6. The molecule has 0 bridgehead atoms. The Morgan fingerprint density at radius 2 is 0.480 bits per heavy atom. The molecule has 0 radical (unpaired) electrons. The summed E-state index contributed by atoms with van der Waals surface area (Å²) < 4.78 is 68.7. The quantitative estimate of drug-likeness (QED) is 0.0222. The van der Waals surface area contributed by atoms with E-state index in [9.17, 15) is 43.2 Å². The third-order valence-corrected chi connectivity index (χ3v) is 21.4.